The van der Waals surface area contributed by atoms with E-state index in [9.17, 15) is 9.90 Å². The van der Waals surface area contributed by atoms with Gasteiger partial charge in [-0.1, -0.05) is 39.0 Å². The van der Waals surface area contributed by atoms with Crippen molar-refractivity contribution in [1.29, 1.82) is 0 Å². The smallest absolute Gasteiger partial charge is 0.309 e. The molecular formula is C16H28O2. The van der Waals surface area contributed by atoms with E-state index >= 15 is 0 Å². The highest BCUT2D eigenvalue weighted by atomic mass is 16.4. The number of aliphatic carboxylic acids is 1. The Balaban J connectivity index is 1.95. The molecule has 0 atom stereocenters. The van der Waals surface area contributed by atoms with Crippen molar-refractivity contribution < 1.29 is 9.90 Å². The maximum Gasteiger partial charge on any atom is 0.309 e. The number of unbranched alkanes of at least 4 members (excludes halogenated alkanes) is 1. The zero-order valence-electron chi connectivity index (χ0n) is 11.8. The molecule has 0 aromatic rings. The molecule has 2 heteroatoms. The van der Waals surface area contributed by atoms with E-state index in [1.165, 1.54) is 32.1 Å². The minimum absolute atomic E-state index is 0.348. The average molecular weight is 252 g/mol. The number of hydrogen-bond acceptors (Lipinski definition) is 1. The summed E-state index contributed by atoms with van der Waals surface area (Å²) in [6.45, 7) is 2.24. The van der Waals surface area contributed by atoms with Gasteiger partial charge in [-0.25, -0.2) is 0 Å². The summed E-state index contributed by atoms with van der Waals surface area (Å²) in [5.74, 6) is 0.782. The molecule has 0 saturated heterocycles. The predicted molar refractivity (Wildman–Crippen MR) is 73.5 cm³/mol. The first-order valence-electron chi connectivity index (χ1n) is 7.92. The zero-order valence-corrected chi connectivity index (χ0v) is 11.8. The van der Waals surface area contributed by atoms with E-state index in [0.29, 0.717) is 5.92 Å². The lowest BCUT2D eigenvalue weighted by atomic mass is 9.62. The number of carboxylic acid groups (broad SMARTS) is 1. The van der Waals surface area contributed by atoms with E-state index in [1.54, 1.807) is 0 Å². The molecule has 2 saturated carbocycles. The number of hydrogen-bond donors (Lipinski definition) is 1. The van der Waals surface area contributed by atoms with Crippen LogP contribution >= 0.6 is 0 Å². The van der Waals surface area contributed by atoms with E-state index in [-0.39, 0.29) is 5.41 Å². The van der Waals surface area contributed by atoms with Gasteiger partial charge in [0.15, 0.2) is 0 Å². The maximum atomic E-state index is 11.8. The maximum absolute atomic E-state index is 11.8. The summed E-state index contributed by atoms with van der Waals surface area (Å²) in [4.78, 5) is 11.8. The highest BCUT2D eigenvalue weighted by Crippen LogP contribution is 2.51. The number of carbonyl (C=O) groups is 1. The molecule has 104 valence electrons. The fourth-order valence-corrected chi connectivity index (χ4v) is 4.25. The van der Waals surface area contributed by atoms with Gasteiger partial charge in [0.25, 0.3) is 0 Å². The van der Waals surface area contributed by atoms with Crippen molar-refractivity contribution in [1.82, 2.24) is 0 Å². The second kappa shape index (κ2) is 6.08. The summed E-state index contributed by atoms with van der Waals surface area (Å²) in [6, 6.07) is 0. The molecule has 0 unspecified atom stereocenters. The fourth-order valence-electron chi connectivity index (χ4n) is 4.25. The van der Waals surface area contributed by atoms with Crippen molar-refractivity contribution in [2.75, 3.05) is 0 Å². The highest BCUT2D eigenvalue weighted by molar-refractivity contribution is 5.75. The van der Waals surface area contributed by atoms with Crippen LogP contribution in [0.25, 0.3) is 0 Å². The summed E-state index contributed by atoms with van der Waals surface area (Å²) in [5, 5.41) is 9.71. The van der Waals surface area contributed by atoms with Crippen LogP contribution in [-0.4, -0.2) is 11.1 Å². The van der Waals surface area contributed by atoms with Gasteiger partial charge in [0.2, 0.25) is 0 Å². The second-order valence-electron chi connectivity index (χ2n) is 6.53. The summed E-state index contributed by atoms with van der Waals surface area (Å²) in [5.41, 5.74) is -0.348. The molecule has 1 N–H and O–H groups in total. The molecule has 18 heavy (non-hydrogen) atoms. The lowest BCUT2D eigenvalue weighted by Crippen LogP contribution is -2.41. The first-order valence-corrected chi connectivity index (χ1v) is 7.92. The third-order valence-electron chi connectivity index (χ3n) is 5.53. The monoisotopic (exact) mass is 252 g/mol. The summed E-state index contributed by atoms with van der Waals surface area (Å²) in [6.07, 6.45) is 12.9. The van der Waals surface area contributed by atoms with Gasteiger partial charge in [0.1, 0.15) is 0 Å². The van der Waals surface area contributed by atoms with Gasteiger partial charge in [0, 0.05) is 0 Å². The minimum Gasteiger partial charge on any atom is -0.481 e. The summed E-state index contributed by atoms with van der Waals surface area (Å²) in [7, 11) is 0. The van der Waals surface area contributed by atoms with Crippen LogP contribution in [0.4, 0.5) is 0 Å². The van der Waals surface area contributed by atoms with Crippen molar-refractivity contribution >= 4 is 5.97 Å². The van der Waals surface area contributed by atoms with Crippen LogP contribution in [0.1, 0.15) is 77.6 Å². The minimum atomic E-state index is -0.497. The van der Waals surface area contributed by atoms with Crippen LogP contribution < -0.4 is 0 Å². The first kappa shape index (κ1) is 13.9. The van der Waals surface area contributed by atoms with Gasteiger partial charge in [-0.2, -0.15) is 0 Å². The topological polar surface area (TPSA) is 37.3 Å². The molecule has 0 aromatic carbocycles. The molecule has 0 spiro atoms. The largest absolute Gasteiger partial charge is 0.481 e. The average Bonchev–Trinajstić information content (AvgIpc) is 2.91. The first-order chi connectivity index (χ1) is 8.69. The van der Waals surface area contributed by atoms with Crippen molar-refractivity contribution in [3.8, 4) is 0 Å². The van der Waals surface area contributed by atoms with Crippen LogP contribution in [0, 0.1) is 17.3 Å². The van der Waals surface area contributed by atoms with Gasteiger partial charge in [0.05, 0.1) is 5.41 Å². The van der Waals surface area contributed by atoms with Crippen LogP contribution in [0.2, 0.25) is 0 Å². The van der Waals surface area contributed by atoms with Crippen LogP contribution in [0.15, 0.2) is 0 Å². The predicted octanol–water partition coefficient (Wildman–Crippen LogP) is 4.63. The van der Waals surface area contributed by atoms with E-state index in [4.69, 9.17) is 0 Å². The molecule has 0 heterocycles. The fraction of sp³-hybridized carbons (Fsp3) is 0.938. The second-order valence-corrected chi connectivity index (χ2v) is 6.53. The summed E-state index contributed by atoms with van der Waals surface area (Å²) >= 11 is 0. The van der Waals surface area contributed by atoms with Gasteiger partial charge >= 0.3 is 5.97 Å². The highest BCUT2D eigenvalue weighted by Gasteiger charge is 2.48. The van der Waals surface area contributed by atoms with Gasteiger partial charge in [-0.15, -0.1) is 0 Å². The van der Waals surface area contributed by atoms with Crippen molar-refractivity contribution in [2.45, 2.75) is 77.6 Å². The lowest BCUT2D eigenvalue weighted by Gasteiger charge is -2.41. The third-order valence-corrected chi connectivity index (χ3v) is 5.53. The summed E-state index contributed by atoms with van der Waals surface area (Å²) < 4.78 is 0. The molecule has 0 radical (unpaired) electrons. The Hall–Kier alpha value is -0.530. The van der Waals surface area contributed by atoms with Gasteiger partial charge in [-0.3, -0.25) is 4.79 Å². The van der Waals surface area contributed by atoms with E-state index in [0.717, 1.165) is 44.4 Å². The Bertz CT molecular complexity index is 271. The molecular weight excluding hydrogens is 224 g/mol. The molecule has 0 amide bonds. The van der Waals surface area contributed by atoms with Crippen LogP contribution in [-0.2, 0) is 4.79 Å². The van der Waals surface area contributed by atoms with Crippen LogP contribution in [0.5, 0.6) is 0 Å². The van der Waals surface area contributed by atoms with Crippen molar-refractivity contribution in [3.05, 3.63) is 0 Å². The van der Waals surface area contributed by atoms with E-state index < -0.39 is 5.97 Å². The molecule has 2 fully saturated rings. The standard InChI is InChI=1S/C16H28O2/c1-2-3-6-13-9-11-16(12-10-13,15(17)18)14-7-4-5-8-14/h13-14H,2-12H2,1H3,(H,17,18). The molecule has 0 bridgehead atoms. The number of rotatable bonds is 5. The van der Waals surface area contributed by atoms with Gasteiger partial charge < -0.3 is 5.11 Å². The SMILES string of the molecule is CCCCC1CCC(C(=O)O)(C2CCCC2)CC1. The van der Waals surface area contributed by atoms with E-state index in [2.05, 4.69) is 6.92 Å². The molecule has 2 aliphatic rings. The Labute approximate surface area is 111 Å². The lowest BCUT2D eigenvalue weighted by molar-refractivity contribution is -0.156. The molecule has 2 rings (SSSR count). The van der Waals surface area contributed by atoms with Crippen LogP contribution in [0.3, 0.4) is 0 Å². The quantitative estimate of drug-likeness (QED) is 0.774. The normalized spacial score (nSPS) is 33.7. The Morgan fingerprint density at radius 3 is 2.28 bits per heavy atom. The number of carboxylic acids is 1. The Morgan fingerprint density at radius 1 is 1.17 bits per heavy atom. The molecule has 0 aliphatic heterocycles. The molecule has 2 nitrogen and oxygen atoms in total. The van der Waals surface area contributed by atoms with E-state index in [1.807, 2.05) is 0 Å². The third kappa shape index (κ3) is 2.73. The Kier molecular flexibility index (Phi) is 4.69. The zero-order chi connectivity index (χ0) is 13.0. The van der Waals surface area contributed by atoms with Crippen molar-refractivity contribution in [3.63, 3.8) is 0 Å². The van der Waals surface area contributed by atoms with Crippen molar-refractivity contribution in [2.24, 2.45) is 17.3 Å². The Morgan fingerprint density at radius 2 is 1.78 bits per heavy atom. The molecule has 2 aliphatic carbocycles. The molecule has 0 aromatic heterocycles. The van der Waals surface area contributed by atoms with Gasteiger partial charge in [-0.05, 0) is 50.4 Å².